The van der Waals surface area contributed by atoms with E-state index in [4.69, 9.17) is 10.5 Å². The number of anilines is 2. The Hall–Kier alpha value is -1.98. The summed E-state index contributed by atoms with van der Waals surface area (Å²) in [5.74, 6) is 0.817. The van der Waals surface area contributed by atoms with Crippen LogP contribution in [0, 0.1) is 0 Å². The highest BCUT2D eigenvalue weighted by molar-refractivity contribution is 5.69. The van der Waals surface area contributed by atoms with Crippen molar-refractivity contribution < 1.29 is 9.53 Å². The van der Waals surface area contributed by atoms with Gasteiger partial charge < -0.3 is 20.7 Å². The van der Waals surface area contributed by atoms with Crippen LogP contribution in [0.4, 0.5) is 16.3 Å². The molecule has 0 spiro atoms. The maximum atomic E-state index is 11.8. The molecule has 1 aliphatic rings. The van der Waals surface area contributed by atoms with Gasteiger partial charge in [-0.3, -0.25) is 0 Å². The predicted molar refractivity (Wildman–Crippen MR) is 78.4 cm³/mol. The Kier molecular flexibility index (Phi) is 4.01. The molecule has 6 heteroatoms. The van der Waals surface area contributed by atoms with Crippen molar-refractivity contribution in [1.29, 1.82) is 0 Å². The van der Waals surface area contributed by atoms with Crippen LogP contribution in [0.2, 0.25) is 0 Å². The Morgan fingerprint density at radius 3 is 2.85 bits per heavy atom. The van der Waals surface area contributed by atoms with Gasteiger partial charge >= 0.3 is 6.09 Å². The quantitative estimate of drug-likeness (QED) is 0.866. The van der Waals surface area contributed by atoms with Gasteiger partial charge in [0.1, 0.15) is 17.6 Å². The summed E-state index contributed by atoms with van der Waals surface area (Å²) in [6.07, 6.45) is 3.03. The zero-order chi connectivity index (χ0) is 14.8. The topological polar surface area (TPSA) is 80.5 Å². The minimum atomic E-state index is -0.493. The molecule has 2 heterocycles. The van der Waals surface area contributed by atoms with Gasteiger partial charge in [0.2, 0.25) is 0 Å². The summed E-state index contributed by atoms with van der Waals surface area (Å²) in [6, 6.07) is 3.68. The number of hydrogen-bond donors (Lipinski definition) is 2. The van der Waals surface area contributed by atoms with Crippen molar-refractivity contribution >= 4 is 17.6 Å². The molecule has 1 fully saturated rings. The fourth-order valence-corrected chi connectivity index (χ4v) is 2.20. The van der Waals surface area contributed by atoms with Gasteiger partial charge in [0.05, 0.1) is 11.9 Å². The first-order valence-corrected chi connectivity index (χ1v) is 6.83. The number of carbonyl (C=O) groups excluding carboxylic acids is 1. The molecule has 1 atom stereocenters. The Bertz CT molecular complexity index is 467. The van der Waals surface area contributed by atoms with Crippen LogP contribution in [0.15, 0.2) is 18.3 Å². The van der Waals surface area contributed by atoms with Gasteiger partial charge in [-0.05, 0) is 45.7 Å². The fraction of sp³-hybridized carbons (Fsp3) is 0.571. The number of carbonyl (C=O) groups is 1. The van der Waals surface area contributed by atoms with Crippen molar-refractivity contribution in [2.75, 3.05) is 17.2 Å². The summed E-state index contributed by atoms with van der Waals surface area (Å²) in [5, 5.41) is 2.89. The van der Waals surface area contributed by atoms with Crippen LogP contribution in [-0.2, 0) is 4.74 Å². The maximum Gasteiger partial charge on any atom is 0.409 e. The highest BCUT2D eigenvalue weighted by Gasteiger charge is 2.28. The minimum Gasteiger partial charge on any atom is -0.444 e. The summed E-state index contributed by atoms with van der Waals surface area (Å²) < 4.78 is 5.29. The average Bonchev–Trinajstić information content (AvgIpc) is 2.75. The number of nitrogens with one attached hydrogen (secondary N) is 1. The summed E-state index contributed by atoms with van der Waals surface area (Å²) in [7, 11) is 0. The molecule has 0 aliphatic carbocycles. The zero-order valence-electron chi connectivity index (χ0n) is 12.2. The van der Waals surface area contributed by atoms with E-state index in [0.717, 1.165) is 25.2 Å². The number of rotatable bonds is 2. The first kappa shape index (κ1) is 14.4. The number of amides is 1. The molecule has 1 amide bonds. The molecule has 1 aliphatic heterocycles. The first-order valence-electron chi connectivity index (χ1n) is 6.83. The molecule has 1 aromatic rings. The van der Waals surface area contributed by atoms with Crippen LogP contribution in [0.1, 0.15) is 33.6 Å². The summed E-state index contributed by atoms with van der Waals surface area (Å²) >= 11 is 0. The van der Waals surface area contributed by atoms with E-state index in [1.54, 1.807) is 6.20 Å². The first-order chi connectivity index (χ1) is 9.35. The van der Waals surface area contributed by atoms with E-state index in [1.165, 1.54) is 0 Å². The van der Waals surface area contributed by atoms with E-state index in [-0.39, 0.29) is 6.17 Å². The average molecular weight is 278 g/mol. The Balaban J connectivity index is 2.00. The zero-order valence-corrected chi connectivity index (χ0v) is 12.2. The summed E-state index contributed by atoms with van der Waals surface area (Å²) in [6.45, 7) is 6.40. The van der Waals surface area contributed by atoms with E-state index in [0.29, 0.717) is 5.69 Å². The lowest BCUT2D eigenvalue weighted by molar-refractivity contribution is 0.0506. The fourth-order valence-electron chi connectivity index (χ4n) is 2.20. The highest BCUT2D eigenvalue weighted by atomic mass is 16.6. The molecule has 0 radical (unpaired) electrons. The molecule has 110 valence electrons. The van der Waals surface area contributed by atoms with Crippen LogP contribution in [0.3, 0.4) is 0 Å². The van der Waals surface area contributed by atoms with Gasteiger partial charge in [-0.15, -0.1) is 0 Å². The van der Waals surface area contributed by atoms with Gasteiger partial charge in [0.15, 0.2) is 0 Å². The molecule has 20 heavy (non-hydrogen) atoms. The molecule has 0 aromatic carbocycles. The number of pyridine rings is 1. The number of aromatic nitrogens is 1. The Labute approximate surface area is 119 Å². The molecule has 6 nitrogen and oxygen atoms in total. The second-order valence-electron chi connectivity index (χ2n) is 5.95. The second kappa shape index (κ2) is 5.56. The Morgan fingerprint density at radius 1 is 1.50 bits per heavy atom. The SMILES string of the molecule is CC(C)(C)OC(=O)NC1CCCN1c1ccc(N)cn1. The van der Waals surface area contributed by atoms with E-state index in [1.807, 2.05) is 32.9 Å². The lowest BCUT2D eigenvalue weighted by Gasteiger charge is -2.28. The van der Waals surface area contributed by atoms with Gasteiger partial charge in [0.25, 0.3) is 0 Å². The van der Waals surface area contributed by atoms with Gasteiger partial charge in [-0.25, -0.2) is 9.78 Å². The maximum absolute atomic E-state index is 11.8. The number of ether oxygens (including phenoxy) is 1. The van der Waals surface area contributed by atoms with Crippen molar-refractivity contribution in [2.45, 2.75) is 45.4 Å². The third-order valence-electron chi connectivity index (χ3n) is 3.00. The normalized spacial score (nSPS) is 18.9. The van der Waals surface area contributed by atoms with Gasteiger partial charge in [-0.2, -0.15) is 0 Å². The smallest absolute Gasteiger partial charge is 0.409 e. The number of nitrogen functional groups attached to an aromatic ring is 1. The lowest BCUT2D eigenvalue weighted by atomic mass is 10.2. The van der Waals surface area contributed by atoms with Crippen LogP contribution < -0.4 is 16.0 Å². The molecule has 1 saturated heterocycles. The standard InChI is InChI=1S/C14H22N4O2/c1-14(2,3)20-13(19)17-12-5-4-8-18(12)11-7-6-10(15)9-16-11/h6-7,9,12H,4-5,8,15H2,1-3H3,(H,17,19). The van der Waals surface area contributed by atoms with Gasteiger partial charge in [0, 0.05) is 6.54 Å². The van der Waals surface area contributed by atoms with Gasteiger partial charge in [-0.1, -0.05) is 0 Å². The monoisotopic (exact) mass is 278 g/mol. The predicted octanol–water partition coefficient (Wildman–Crippen LogP) is 2.11. The van der Waals surface area contributed by atoms with Crippen LogP contribution in [-0.4, -0.2) is 29.4 Å². The summed E-state index contributed by atoms with van der Waals surface area (Å²) in [4.78, 5) is 18.2. The van der Waals surface area contributed by atoms with Crippen LogP contribution in [0.5, 0.6) is 0 Å². The van der Waals surface area contributed by atoms with Crippen molar-refractivity contribution in [3.05, 3.63) is 18.3 Å². The largest absolute Gasteiger partial charge is 0.444 e. The molecule has 0 saturated carbocycles. The van der Waals surface area contributed by atoms with E-state index < -0.39 is 11.7 Å². The third-order valence-corrected chi connectivity index (χ3v) is 3.00. The number of hydrogen-bond acceptors (Lipinski definition) is 5. The van der Waals surface area contributed by atoms with E-state index >= 15 is 0 Å². The second-order valence-corrected chi connectivity index (χ2v) is 5.95. The molecular weight excluding hydrogens is 256 g/mol. The van der Waals surface area contributed by atoms with Crippen LogP contribution >= 0.6 is 0 Å². The van der Waals surface area contributed by atoms with Crippen molar-refractivity contribution in [3.8, 4) is 0 Å². The number of nitrogens with two attached hydrogens (primary N) is 1. The number of alkyl carbamates (subject to hydrolysis) is 1. The highest BCUT2D eigenvalue weighted by Crippen LogP contribution is 2.23. The van der Waals surface area contributed by atoms with Crippen molar-refractivity contribution in [2.24, 2.45) is 0 Å². The lowest BCUT2D eigenvalue weighted by Crippen LogP contribution is -2.46. The summed E-state index contributed by atoms with van der Waals surface area (Å²) in [5.41, 5.74) is 5.78. The molecule has 1 unspecified atom stereocenters. The van der Waals surface area contributed by atoms with E-state index in [9.17, 15) is 4.79 Å². The van der Waals surface area contributed by atoms with Crippen molar-refractivity contribution in [1.82, 2.24) is 10.3 Å². The number of nitrogens with zero attached hydrogens (tertiary/aromatic N) is 2. The minimum absolute atomic E-state index is 0.0824. The molecule has 3 N–H and O–H groups in total. The molecule has 2 rings (SSSR count). The van der Waals surface area contributed by atoms with Crippen LogP contribution in [0.25, 0.3) is 0 Å². The molecular formula is C14H22N4O2. The Morgan fingerprint density at radius 2 is 2.25 bits per heavy atom. The van der Waals surface area contributed by atoms with Crippen molar-refractivity contribution in [3.63, 3.8) is 0 Å². The van der Waals surface area contributed by atoms with E-state index in [2.05, 4.69) is 15.2 Å². The molecule has 1 aromatic heterocycles. The third kappa shape index (κ3) is 3.76. The molecule has 0 bridgehead atoms.